The topological polar surface area (TPSA) is 100 Å². The van der Waals surface area contributed by atoms with Gasteiger partial charge in [0, 0.05) is 11.1 Å². The minimum absolute atomic E-state index is 0.100. The quantitative estimate of drug-likeness (QED) is 0.550. The molecule has 0 atom stereocenters. The number of nitrogens with one attached hydrogen (secondary N) is 1. The Morgan fingerprint density at radius 1 is 0.920 bits per heavy atom. The molecule has 0 amide bonds. The smallest absolute Gasteiger partial charge is 0.351 e. The number of hydrogen-bond donors (Lipinski definition) is 2. The predicted molar refractivity (Wildman–Crippen MR) is 95.1 cm³/mol. The van der Waals surface area contributed by atoms with Crippen LogP contribution in [0.3, 0.4) is 0 Å². The highest BCUT2D eigenvalue weighted by Gasteiger charge is 2.13. The van der Waals surface area contributed by atoms with Gasteiger partial charge in [-0.2, -0.15) is 5.10 Å². The fraction of sp³-hybridized carbons (Fsp3) is 0.0556. The first-order chi connectivity index (χ1) is 12.1. The van der Waals surface area contributed by atoms with Gasteiger partial charge in [0.05, 0.1) is 0 Å². The molecule has 0 unspecified atom stereocenters. The lowest BCUT2D eigenvalue weighted by molar-refractivity contribution is -0.129. The van der Waals surface area contributed by atoms with Crippen molar-refractivity contribution in [1.29, 1.82) is 0 Å². The maximum Gasteiger partial charge on any atom is 0.351 e. The summed E-state index contributed by atoms with van der Waals surface area (Å²) in [5.41, 5.74) is 5.46. The van der Waals surface area contributed by atoms with Crippen LogP contribution in [0.5, 0.6) is 0 Å². The molecule has 0 saturated carbocycles. The molecule has 0 saturated heterocycles. The molecular weight excluding hydrogens is 318 g/mol. The molecule has 7 heteroatoms. The maximum absolute atomic E-state index is 10.8. The lowest BCUT2D eigenvalue weighted by Gasteiger charge is -2.09. The Morgan fingerprint density at radius 3 is 2.04 bits per heavy atom. The van der Waals surface area contributed by atoms with Gasteiger partial charge in [0.25, 0.3) is 5.95 Å². The second kappa shape index (κ2) is 7.31. The fourth-order valence-electron chi connectivity index (χ4n) is 2.14. The number of hydrazone groups is 1. The van der Waals surface area contributed by atoms with E-state index in [1.54, 1.807) is 0 Å². The molecule has 0 bridgehead atoms. The van der Waals surface area contributed by atoms with Gasteiger partial charge >= 0.3 is 5.97 Å². The monoisotopic (exact) mass is 333 g/mol. The second-order valence-electron chi connectivity index (χ2n) is 5.18. The van der Waals surface area contributed by atoms with Gasteiger partial charge in [0.1, 0.15) is 17.1 Å². The summed E-state index contributed by atoms with van der Waals surface area (Å²) in [7, 11) is 0. The summed E-state index contributed by atoms with van der Waals surface area (Å²) in [6.45, 7) is 1.37. The third-order valence-corrected chi connectivity index (χ3v) is 3.41. The van der Waals surface area contributed by atoms with Crippen LogP contribution in [0.15, 0.2) is 65.8 Å². The molecule has 0 fully saturated rings. The van der Waals surface area contributed by atoms with Crippen LogP contribution in [-0.4, -0.2) is 32.0 Å². The molecule has 0 aliphatic carbocycles. The normalized spacial score (nSPS) is 11.2. The van der Waals surface area contributed by atoms with Crippen molar-refractivity contribution in [3.8, 4) is 22.5 Å². The maximum atomic E-state index is 10.8. The Hall–Kier alpha value is -3.61. The van der Waals surface area contributed by atoms with Crippen molar-refractivity contribution >= 4 is 17.6 Å². The van der Waals surface area contributed by atoms with Crippen molar-refractivity contribution in [3.05, 3.63) is 60.7 Å². The van der Waals surface area contributed by atoms with E-state index >= 15 is 0 Å². The molecule has 3 aromatic rings. The van der Waals surface area contributed by atoms with E-state index in [1.165, 1.54) is 6.92 Å². The van der Waals surface area contributed by atoms with Crippen molar-refractivity contribution < 1.29 is 9.90 Å². The Labute approximate surface area is 144 Å². The Bertz CT molecular complexity index is 911. The van der Waals surface area contributed by atoms with Crippen LogP contribution in [0.1, 0.15) is 6.92 Å². The lowest BCUT2D eigenvalue weighted by atomic mass is 10.0. The minimum Gasteiger partial charge on any atom is -0.477 e. The van der Waals surface area contributed by atoms with E-state index in [1.807, 2.05) is 60.7 Å². The van der Waals surface area contributed by atoms with Crippen molar-refractivity contribution in [1.82, 2.24) is 15.2 Å². The van der Waals surface area contributed by atoms with Gasteiger partial charge in [0.2, 0.25) is 0 Å². The van der Waals surface area contributed by atoms with E-state index in [0.717, 1.165) is 11.1 Å². The molecule has 0 spiro atoms. The highest BCUT2D eigenvalue weighted by Crippen LogP contribution is 2.28. The number of anilines is 1. The first-order valence-electron chi connectivity index (χ1n) is 7.54. The zero-order chi connectivity index (χ0) is 17.6. The first kappa shape index (κ1) is 16.3. The van der Waals surface area contributed by atoms with E-state index in [9.17, 15) is 4.79 Å². The molecule has 1 heterocycles. The minimum atomic E-state index is -1.12. The van der Waals surface area contributed by atoms with Crippen molar-refractivity contribution in [2.24, 2.45) is 5.10 Å². The SMILES string of the molecule is CC(=NNc1nnc(-c2ccccc2)c(-c2ccccc2)n1)C(=O)O. The number of benzene rings is 2. The summed E-state index contributed by atoms with van der Waals surface area (Å²) < 4.78 is 0. The standard InChI is InChI=1S/C18H15N5O2/c1-12(17(24)25)20-22-18-19-15(13-8-4-2-5-9-13)16(21-23-18)14-10-6-3-7-11-14/h2-11H,1H3,(H,24,25)(H,19,22,23). The molecule has 1 aromatic heterocycles. The Kier molecular flexibility index (Phi) is 4.75. The van der Waals surface area contributed by atoms with Crippen molar-refractivity contribution in [2.45, 2.75) is 6.92 Å². The largest absolute Gasteiger partial charge is 0.477 e. The van der Waals surface area contributed by atoms with Crippen LogP contribution in [0.25, 0.3) is 22.5 Å². The number of rotatable bonds is 5. The van der Waals surface area contributed by atoms with Crippen LogP contribution in [0.4, 0.5) is 5.95 Å². The van der Waals surface area contributed by atoms with Crippen LogP contribution >= 0.6 is 0 Å². The number of carboxylic acids is 1. The summed E-state index contributed by atoms with van der Waals surface area (Å²) in [6, 6.07) is 19.2. The third-order valence-electron chi connectivity index (χ3n) is 3.41. The van der Waals surface area contributed by atoms with Crippen LogP contribution in [0, 0.1) is 0 Å². The van der Waals surface area contributed by atoms with Crippen molar-refractivity contribution in [3.63, 3.8) is 0 Å². The zero-order valence-electron chi connectivity index (χ0n) is 13.4. The van der Waals surface area contributed by atoms with Gasteiger partial charge < -0.3 is 5.11 Å². The van der Waals surface area contributed by atoms with Crippen LogP contribution < -0.4 is 5.43 Å². The summed E-state index contributed by atoms with van der Waals surface area (Å²) in [4.78, 5) is 15.3. The third kappa shape index (κ3) is 3.84. The molecular formula is C18H15N5O2. The number of carbonyl (C=O) groups is 1. The van der Waals surface area contributed by atoms with Gasteiger partial charge in [0.15, 0.2) is 0 Å². The predicted octanol–water partition coefficient (Wildman–Crippen LogP) is 3.08. The van der Waals surface area contributed by atoms with Gasteiger partial charge in [-0.1, -0.05) is 60.7 Å². The number of nitrogens with zero attached hydrogens (tertiary/aromatic N) is 4. The second-order valence-corrected chi connectivity index (χ2v) is 5.18. The van der Waals surface area contributed by atoms with Gasteiger partial charge in [-0.25, -0.2) is 15.2 Å². The number of aromatic nitrogens is 3. The fourth-order valence-corrected chi connectivity index (χ4v) is 2.14. The summed E-state index contributed by atoms with van der Waals surface area (Å²) in [5.74, 6) is -0.996. The molecule has 0 radical (unpaired) electrons. The van der Waals surface area contributed by atoms with Crippen LogP contribution in [-0.2, 0) is 4.79 Å². The summed E-state index contributed by atoms with van der Waals surface area (Å²) >= 11 is 0. The molecule has 7 nitrogen and oxygen atoms in total. The highest BCUT2D eigenvalue weighted by atomic mass is 16.4. The zero-order valence-corrected chi connectivity index (χ0v) is 13.4. The molecule has 2 aromatic carbocycles. The van der Waals surface area contributed by atoms with Gasteiger partial charge in [-0.3, -0.25) is 0 Å². The average Bonchev–Trinajstić information content (AvgIpc) is 2.67. The molecule has 3 rings (SSSR count). The number of hydrogen-bond acceptors (Lipinski definition) is 6. The van der Waals surface area contributed by atoms with E-state index in [0.29, 0.717) is 11.4 Å². The molecule has 0 aliphatic heterocycles. The van der Waals surface area contributed by atoms with Gasteiger partial charge in [-0.05, 0) is 6.92 Å². The molecule has 25 heavy (non-hydrogen) atoms. The Balaban J connectivity index is 2.06. The summed E-state index contributed by atoms with van der Waals surface area (Å²) in [5, 5.41) is 20.8. The van der Waals surface area contributed by atoms with Crippen LogP contribution in [0.2, 0.25) is 0 Å². The molecule has 2 N–H and O–H groups in total. The van der Waals surface area contributed by atoms with E-state index in [2.05, 4.69) is 25.7 Å². The molecule has 0 aliphatic rings. The van der Waals surface area contributed by atoms with Gasteiger partial charge in [-0.15, -0.1) is 10.2 Å². The Morgan fingerprint density at radius 2 is 1.48 bits per heavy atom. The lowest BCUT2D eigenvalue weighted by Crippen LogP contribution is -2.11. The summed E-state index contributed by atoms with van der Waals surface area (Å²) in [6.07, 6.45) is 0. The van der Waals surface area contributed by atoms with E-state index in [-0.39, 0.29) is 11.7 Å². The van der Waals surface area contributed by atoms with Crippen molar-refractivity contribution in [2.75, 3.05) is 5.43 Å². The number of carboxylic acid groups (broad SMARTS) is 1. The first-order valence-corrected chi connectivity index (χ1v) is 7.54. The number of aliphatic carboxylic acids is 1. The average molecular weight is 333 g/mol. The van der Waals surface area contributed by atoms with E-state index in [4.69, 9.17) is 5.11 Å². The molecule has 124 valence electrons. The highest BCUT2D eigenvalue weighted by molar-refractivity contribution is 6.34. The van der Waals surface area contributed by atoms with E-state index < -0.39 is 5.97 Å².